The van der Waals surface area contributed by atoms with Crippen LogP contribution < -0.4 is 0 Å². The summed E-state index contributed by atoms with van der Waals surface area (Å²) in [6, 6.07) is 7.91. The maximum atomic E-state index is 5.30. The fourth-order valence-corrected chi connectivity index (χ4v) is 2.95. The van der Waals surface area contributed by atoms with Gasteiger partial charge in [0.15, 0.2) is 5.76 Å². The molecule has 3 aromatic heterocycles. The Kier molecular flexibility index (Phi) is 2.16. The number of furan rings is 1. The van der Waals surface area contributed by atoms with Gasteiger partial charge < -0.3 is 4.42 Å². The Bertz CT molecular complexity index is 488. The van der Waals surface area contributed by atoms with E-state index in [-0.39, 0.29) is 0 Å². The first kappa shape index (κ1) is 8.88. The van der Waals surface area contributed by atoms with Crippen LogP contribution in [0.3, 0.4) is 0 Å². The van der Waals surface area contributed by atoms with E-state index in [1.54, 1.807) is 28.9 Å². The van der Waals surface area contributed by atoms with Crippen LogP contribution >= 0.6 is 22.7 Å². The van der Waals surface area contributed by atoms with Crippen molar-refractivity contribution < 1.29 is 4.42 Å². The predicted molar refractivity (Wildman–Crippen MR) is 63.1 cm³/mol. The van der Waals surface area contributed by atoms with Gasteiger partial charge in [0.05, 0.1) is 11.1 Å². The first-order chi connectivity index (χ1) is 7.43. The number of nitrogens with zero attached hydrogens (tertiary/aromatic N) is 1. The van der Waals surface area contributed by atoms with Gasteiger partial charge in [-0.25, -0.2) is 4.98 Å². The smallest absolute Gasteiger partial charge is 0.153 e. The van der Waals surface area contributed by atoms with Gasteiger partial charge in [0.25, 0.3) is 0 Å². The molecule has 0 aromatic carbocycles. The molecular formula is C11H7NOS2. The van der Waals surface area contributed by atoms with Crippen molar-refractivity contribution >= 4 is 22.7 Å². The van der Waals surface area contributed by atoms with E-state index < -0.39 is 0 Å². The molecule has 3 heterocycles. The number of rotatable bonds is 2. The Balaban J connectivity index is 2.02. The Hall–Kier alpha value is -1.39. The van der Waals surface area contributed by atoms with E-state index in [9.17, 15) is 0 Å². The van der Waals surface area contributed by atoms with Crippen LogP contribution in [0.15, 0.2) is 45.7 Å². The van der Waals surface area contributed by atoms with Crippen molar-refractivity contribution in [3.63, 3.8) is 0 Å². The molecule has 0 amide bonds. The van der Waals surface area contributed by atoms with Gasteiger partial charge in [-0.05, 0) is 23.6 Å². The van der Waals surface area contributed by atoms with Crippen molar-refractivity contribution in [3.05, 3.63) is 41.3 Å². The quantitative estimate of drug-likeness (QED) is 0.665. The Labute approximate surface area is 94.8 Å². The van der Waals surface area contributed by atoms with Crippen molar-refractivity contribution in [1.29, 1.82) is 0 Å². The third-order valence-electron chi connectivity index (χ3n) is 2.01. The van der Waals surface area contributed by atoms with Crippen molar-refractivity contribution in [2.75, 3.05) is 0 Å². The molecular weight excluding hydrogens is 226 g/mol. The molecule has 2 nitrogen and oxygen atoms in total. The molecule has 0 aliphatic heterocycles. The molecule has 0 bridgehead atoms. The van der Waals surface area contributed by atoms with E-state index in [1.807, 2.05) is 23.6 Å². The molecule has 3 rings (SSSR count). The minimum atomic E-state index is 0.828. The van der Waals surface area contributed by atoms with Crippen molar-refractivity contribution in [2.45, 2.75) is 0 Å². The molecule has 0 saturated heterocycles. The first-order valence-corrected chi connectivity index (χ1v) is 6.23. The number of aromatic nitrogens is 1. The molecule has 0 radical (unpaired) electrons. The monoisotopic (exact) mass is 233 g/mol. The van der Waals surface area contributed by atoms with Crippen LogP contribution in [0.4, 0.5) is 0 Å². The summed E-state index contributed by atoms with van der Waals surface area (Å²) < 4.78 is 5.30. The lowest BCUT2D eigenvalue weighted by molar-refractivity contribution is 0.580. The highest BCUT2D eigenvalue weighted by molar-refractivity contribution is 7.20. The van der Waals surface area contributed by atoms with E-state index in [0.717, 1.165) is 16.5 Å². The maximum Gasteiger partial charge on any atom is 0.153 e. The van der Waals surface area contributed by atoms with Gasteiger partial charge in [0.1, 0.15) is 10.7 Å². The highest BCUT2D eigenvalue weighted by atomic mass is 32.1. The highest BCUT2D eigenvalue weighted by Gasteiger charge is 2.08. The summed E-state index contributed by atoms with van der Waals surface area (Å²) in [7, 11) is 0. The number of hydrogen-bond acceptors (Lipinski definition) is 4. The van der Waals surface area contributed by atoms with Crippen LogP contribution in [0.1, 0.15) is 0 Å². The van der Waals surface area contributed by atoms with Gasteiger partial charge in [0, 0.05) is 5.38 Å². The highest BCUT2D eigenvalue weighted by Crippen LogP contribution is 2.31. The fourth-order valence-electron chi connectivity index (χ4n) is 1.32. The third kappa shape index (κ3) is 1.62. The number of hydrogen-bond donors (Lipinski definition) is 0. The summed E-state index contributed by atoms with van der Waals surface area (Å²) in [5, 5.41) is 5.13. The molecule has 3 aromatic rings. The van der Waals surface area contributed by atoms with Crippen LogP contribution in [0.5, 0.6) is 0 Å². The lowest BCUT2D eigenvalue weighted by Crippen LogP contribution is -1.73. The Morgan fingerprint density at radius 3 is 2.87 bits per heavy atom. The molecule has 0 N–H and O–H groups in total. The normalized spacial score (nSPS) is 10.7. The third-order valence-corrected chi connectivity index (χ3v) is 3.89. The zero-order valence-corrected chi connectivity index (χ0v) is 9.35. The molecule has 4 heteroatoms. The number of thiazole rings is 1. The molecule has 0 fully saturated rings. The van der Waals surface area contributed by atoms with Crippen LogP contribution in [0, 0.1) is 0 Å². The first-order valence-electron chi connectivity index (χ1n) is 4.47. The SMILES string of the molecule is c1coc(-c2csc(-c3cccs3)n2)c1. The van der Waals surface area contributed by atoms with Gasteiger partial charge >= 0.3 is 0 Å². The standard InChI is InChI=1S/C11H7NOS2/c1-3-9(13-5-1)8-7-15-11(12-8)10-4-2-6-14-10/h1-7H. The fraction of sp³-hybridized carbons (Fsp3) is 0. The van der Waals surface area contributed by atoms with Gasteiger partial charge in [0.2, 0.25) is 0 Å². The molecule has 0 atom stereocenters. The Morgan fingerprint density at radius 2 is 2.13 bits per heavy atom. The van der Waals surface area contributed by atoms with Crippen LogP contribution in [-0.4, -0.2) is 4.98 Å². The van der Waals surface area contributed by atoms with E-state index in [0.29, 0.717) is 0 Å². The maximum absolute atomic E-state index is 5.30. The van der Waals surface area contributed by atoms with Crippen LogP contribution in [-0.2, 0) is 0 Å². The molecule has 0 aliphatic rings. The van der Waals surface area contributed by atoms with E-state index in [2.05, 4.69) is 16.4 Å². The van der Waals surface area contributed by atoms with E-state index >= 15 is 0 Å². The van der Waals surface area contributed by atoms with E-state index in [4.69, 9.17) is 4.42 Å². The zero-order valence-electron chi connectivity index (χ0n) is 7.71. The van der Waals surface area contributed by atoms with Gasteiger partial charge in [-0.2, -0.15) is 0 Å². The minimum Gasteiger partial charge on any atom is -0.463 e. The second-order valence-corrected chi connectivity index (χ2v) is 4.80. The second-order valence-electron chi connectivity index (χ2n) is 2.99. The largest absolute Gasteiger partial charge is 0.463 e. The average molecular weight is 233 g/mol. The van der Waals surface area contributed by atoms with Crippen molar-refractivity contribution in [3.8, 4) is 21.3 Å². The van der Waals surface area contributed by atoms with Crippen LogP contribution in [0.2, 0.25) is 0 Å². The zero-order chi connectivity index (χ0) is 10.1. The van der Waals surface area contributed by atoms with Gasteiger partial charge in [-0.3, -0.25) is 0 Å². The summed E-state index contributed by atoms with van der Waals surface area (Å²) >= 11 is 3.35. The lowest BCUT2D eigenvalue weighted by Gasteiger charge is -1.88. The van der Waals surface area contributed by atoms with Gasteiger partial charge in [-0.15, -0.1) is 22.7 Å². The van der Waals surface area contributed by atoms with Crippen LogP contribution in [0.25, 0.3) is 21.3 Å². The Morgan fingerprint density at radius 1 is 1.13 bits per heavy atom. The number of thiophene rings is 1. The molecule has 15 heavy (non-hydrogen) atoms. The summed E-state index contributed by atoms with van der Waals surface area (Å²) in [4.78, 5) is 5.74. The second kappa shape index (κ2) is 3.64. The molecule has 74 valence electrons. The summed E-state index contributed by atoms with van der Waals surface area (Å²) in [6.07, 6.45) is 1.67. The van der Waals surface area contributed by atoms with Gasteiger partial charge in [-0.1, -0.05) is 6.07 Å². The molecule has 0 unspecified atom stereocenters. The van der Waals surface area contributed by atoms with E-state index in [1.165, 1.54) is 4.88 Å². The predicted octanol–water partition coefficient (Wildman–Crippen LogP) is 4.13. The minimum absolute atomic E-state index is 0.828. The molecule has 0 saturated carbocycles. The topological polar surface area (TPSA) is 26.0 Å². The molecule has 0 spiro atoms. The summed E-state index contributed by atoms with van der Waals surface area (Å²) in [5.41, 5.74) is 0.911. The summed E-state index contributed by atoms with van der Waals surface area (Å²) in [5.74, 6) is 0.828. The van der Waals surface area contributed by atoms with Crippen molar-refractivity contribution in [2.24, 2.45) is 0 Å². The molecule has 0 aliphatic carbocycles. The summed E-state index contributed by atoms with van der Waals surface area (Å²) in [6.45, 7) is 0. The van der Waals surface area contributed by atoms with Crippen molar-refractivity contribution in [1.82, 2.24) is 4.98 Å². The lowest BCUT2D eigenvalue weighted by atomic mass is 10.4. The average Bonchev–Trinajstić information content (AvgIpc) is 3.02.